The topological polar surface area (TPSA) is 38.7 Å². The molecule has 2 heterocycles. The maximum absolute atomic E-state index is 3.89. The Labute approximate surface area is 89.4 Å². The summed E-state index contributed by atoms with van der Waals surface area (Å²) >= 11 is 2.89. The van der Waals surface area contributed by atoms with E-state index in [0.717, 1.165) is 10.2 Å². The number of fused-ring (bicyclic) bond motifs is 1. The summed E-state index contributed by atoms with van der Waals surface area (Å²) in [5, 5.41) is 5.82. The molecule has 0 aliphatic rings. The largest absolute Gasteiger partial charge is 0.201 e. The summed E-state index contributed by atoms with van der Waals surface area (Å²) < 4.78 is 8.71. The fourth-order valence-electron chi connectivity index (χ4n) is 0.901. The lowest BCUT2D eigenvalue weighted by Gasteiger charge is -1.78. The predicted molar refractivity (Wildman–Crippen MR) is 59.5 cm³/mol. The van der Waals surface area contributed by atoms with Gasteiger partial charge in [0.2, 0.25) is 0 Å². The molecule has 14 heavy (non-hydrogen) atoms. The van der Waals surface area contributed by atoms with Crippen LogP contribution < -0.4 is 0 Å². The van der Waals surface area contributed by atoms with Gasteiger partial charge >= 0.3 is 0 Å². The van der Waals surface area contributed by atoms with E-state index in [1.165, 1.54) is 23.1 Å². The summed E-state index contributed by atoms with van der Waals surface area (Å²) in [5.74, 6) is 0. The van der Waals surface area contributed by atoms with Gasteiger partial charge in [-0.1, -0.05) is 16.6 Å². The molecule has 0 unspecified atom stereocenters. The van der Waals surface area contributed by atoms with Gasteiger partial charge in [0.05, 0.1) is 4.70 Å². The van der Waals surface area contributed by atoms with E-state index in [1.54, 1.807) is 6.20 Å². The van der Waals surface area contributed by atoms with E-state index in [0.29, 0.717) is 0 Å². The second-order valence-electron chi connectivity index (χ2n) is 2.43. The van der Waals surface area contributed by atoms with Crippen molar-refractivity contribution >= 4 is 33.3 Å². The number of nitrogens with zero attached hydrogens (tertiary/aromatic N) is 3. The van der Waals surface area contributed by atoms with E-state index in [4.69, 9.17) is 0 Å². The van der Waals surface area contributed by atoms with Crippen molar-refractivity contribution in [3.63, 3.8) is 0 Å². The van der Waals surface area contributed by atoms with E-state index < -0.39 is 0 Å². The van der Waals surface area contributed by atoms with E-state index in [-0.39, 0.29) is 0 Å². The van der Waals surface area contributed by atoms with E-state index in [2.05, 4.69) is 14.0 Å². The van der Waals surface area contributed by atoms with Gasteiger partial charge in [-0.05, 0) is 41.3 Å². The first-order chi connectivity index (χ1) is 6.97. The van der Waals surface area contributed by atoms with Gasteiger partial charge in [-0.2, -0.15) is 0 Å². The van der Waals surface area contributed by atoms with Crippen molar-refractivity contribution in [3.05, 3.63) is 41.9 Å². The molecule has 0 atom stereocenters. The lowest BCUT2D eigenvalue weighted by Crippen LogP contribution is -1.63. The van der Waals surface area contributed by atoms with Crippen molar-refractivity contribution in [2.24, 2.45) is 0 Å². The summed E-state index contributed by atoms with van der Waals surface area (Å²) in [6.45, 7) is 0. The van der Waals surface area contributed by atoms with Crippen molar-refractivity contribution in [2.75, 3.05) is 0 Å². The molecule has 0 amide bonds. The Kier molecular flexibility index (Phi) is 3.15. The molecule has 5 heteroatoms. The highest BCUT2D eigenvalue weighted by molar-refractivity contribution is 7.12. The van der Waals surface area contributed by atoms with Crippen LogP contribution >= 0.6 is 23.1 Å². The Balaban J connectivity index is 0.000000128. The van der Waals surface area contributed by atoms with Gasteiger partial charge in [0.15, 0.2) is 0 Å². The number of aromatic nitrogens is 3. The molecule has 0 saturated carbocycles. The van der Waals surface area contributed by atoms with Crippen LogP contribution in [-0.2, 0) is 0 Å². The quantitative estimate of drug-likeness (QED) is 0.586. The molecule has 1 aromatic carbocycles. The molecule has 0 aliphatic heterocycles. The average molecular weight is 221 g/mol. The van der Waals surface area contributed by atoms with Gasteiger partial charge < -0.3 is 0 Å². The van der Waals surface area contributed by atoms with E-state index >= 15 is 0 Å². The Bertz CT molecular complexity index is 428. The van der Waals surface area contributed by atoms with Gasteiger partial charge in [0.1, 0.15) is 5.52 Å². The molecule has 0 spiro atoms. The summed E-state index contributed by atoms with van der Waals surface area (Å²) in [5.41, 5.74) is 0.988. The standard InChI is InChI=1S/C6H4N2S.C3H3NS/c1-2-4-6-5(3-1)7-8-9-6;1-2-4-5-3-1/h1-4H;1-3H. The van der Waals surface area contributed by atoms with Crippen molar-refractivity contribution < 1.29 is 0 Å². The first-order valence-corrected chi connectivity index (χ1v) is 5.59. The number of hydrogen-bond acceptors (Lipinski definition) is 5. The maximum atomic E-state index is 3.89. The zero-order chi connectivity index (χ0) is 9.64. The van der Waals surface area contributed by atoms with Crippen LogP contribution in [0.5, 0.6) is 0 Å². The molecule has 70 valence electrons. The highest BCUT2D eigenvalue weighted by atomic mass is 32.1. The molecule has 0 N–H and O–H groups in total. The Morgan fingerprint density at radius 1 is 1.07 bits per heavy atom. The lowest BCUT2D eigenvalue weighted by atomic mass is 10.3. The normalized spacial score (nSPS) is 9.43. The first-order valence-electron chi connectivity index (χ1n) is 3.98. The fourth-order valence-corrected chi connectivity index (χ4v) is 1.81. The molecule has 0 aliphatic carbocycles. The monoisotopic (exact) mass is 221 g/mol. The van der Waals surface area contributed by atoms with Crippen LogP contribution in [0.4, 0.5) is 0 Å². The first kappa shape index (κ1) is 9.23. The zero-order valence-corrected chi connectivity index (χ0v) is 8.83. The Hall–Kier alpha value is -1.33. The summed E-state index contributed by atoms with van der Waals surface area (Å²) in [7, 11) is 0. The van der Waals surface area contributed by atoms with Crippen LogP contribution in [-0.4, -0.2) is 14.0 Å². The van der Waals surface area contributed by atoms with Gasteiger partial charge in [-0.15, -0.1) is 5.10 Å². The second-order valence-corrected chi connectivity index (χ2v) is 3.91. The molecule has 3 aromatic rings. The number of benzene rings is 1. The Morgan fingerprint density at radius 3 is 2.64 bits per heavy atom. The lowest BCUT2D eigenvalue weighted by molar-refractivity contribution is 1.20. The number of hydrogen-bond donors (Lipinski definition) is 0. The molecule has 0 saturated heterocycles. The third-order valence-corrected chi connectivity index (χ3v) is 2.73. The molecule has 3 nitrogen and oxygen atoms in total. The molecular weight excluding hydrogens is 214 g/mol. The minimum Gasteiger partial charge on any atom is -0.201 e. The molecule has 0 bridgehead atoms. The van der Waals surface area contributed by atoms with E-state index in [9.17, 15) is 0 Å². The van der Waals surface area contributed by atoms with Crippen LogP contribution in [0.25, 0.3) is 10.2 Å². The maximum Gasteiger partial charge on any atom is 0.105 e. The van der Waals surface area contributed by atoms with Gasteiger partial charge in [0, 0.05) is 11.6 Å². The fraction of sp³-hybridized carbons (Fsp3) is 0. The minimum absolute atomic E-state index is 0.988. The number of rotatable bonds is 0. The molecule has 0 fully saturated rings. The van der Waals surface area contributed by atoms with Crippen molar-refractivity contribution in [2.45, 2.75) is 0 Å². The van der Waals surface area contributed by atoms with Gasteiger partial charge in [-0.25, -0.2) is 4.37 Å². The van der Waals surface area contributed by atoms with Crippen molar-refractivity contribution in [1.82, 2.24) is 14.0 Å². The van der Waals surface area contributed by atoms with Gasteiger partial charge in [-0.3, -0.25) is 0 Å². The smallest absolute Gasteiger partial charge is 0.105 e. The third-order valence-electron chi connectivity index (χ3n) is 1.50. The molecule has 0 radical (unpaired) electrons. The third kappa shape index (κ3) is 2.34. The zero-order valence-electron chi connectivity index (χ0n) is 7.20. The van der Waals surface area contributed by atoms with Crippen LogP contribution in [0.3, 0.4) is 0 Å². The highest BCUT2D eigenvalue weighted by Gasteiger charge is 1.91. The average Bonchev–Trinajstić information content (AvgIpc) is 2.92. The highest BCUT2D eigenvalue weighted by Crippen LogP contribution is 2.12. The van der Waals surface area contributed by atoms with Crippen LogP contribution in [0, 0.1) is 0 Å². The van der Waals surface area contributed by atoms with Gasteiger partial charge in [0.25, 0.3) is 0 Å². The molecule has 2 aromatic heterocycles. The van der Waals surface area contributed by atoms with Crippen molar-refractivity contribution in [3.8, 4) is 0 Å². The van der Waals surface area contributed by atoms with Crippen molar-refractivity contribution in [1.29, 1.82) is 0 Å². The van der Waals surface area contributed by atoms with Crippen LogP contribution in [0.2, 0.25) is 0 Å². The van der Waals surface area contributed by atoms with Crippen LogP contribution in [0.1, 0.15) is 0 Å². The van der Waals surface area contributed by atoms with Crippen LogP contribution in [0.15, 0.2) is 41.9 Å². The van der Waals surface area contributed by atoms with E-state index in [1.807, 2.05) is 35.7 Å². The molecular formula is C9H7N3S2. The SMILES string of the molecule is c1ccc2snnc2c1.c1cnsc1. The summed E-state index contributed by atoms with van der Waals surface area (Å²) in [6, 6.07) is 9.83. The second kappa shape index (κ2) is 4.78. The summed E-state index contributed by atoms with van der Waals surface area (Å²) in [6.07, 6.45) is 1.77. The predicted octanol–water partition coefficient (Wildman–Crippen LogP) is 2.83. The summed E-state index contributed by atoms with van der Waals surface area (Å²) in [4.78, 5) is 0. The Morgan fingerprint density at radius 2 is 2.00 bits per heavy atom. The minimum atomic E-state index is 0.988. The molecule has 3 rings (SSSR count).